The predicted molar refractivity (Wildman–Crippen MR) is 78.3 cm³/mol. The number of hydrogen-bond donors (Lipinski definition) is 2. The number of anilines is 1. The minimum atomic E-state index is -0.768. The van der Waals surface area contributed by atoms with E-state index >= 15 is 0 Å². The summed E-state index contributed by atoms with van der Waals surface area (Å²) in [5, 5.41) is 5.87. The van der Waals surface area contributed by atoms with Crippen LogP contribution in [0.5, 0.6) is 0 Å². The average Bonchev–Trinajstić information content (AvgIpc) is 2.48. The molecule has 0 radical (unpaired) electrons. The highest BCUT2D eigenvalue weighted by atomic mass is 19.1. The van der Waals surface area contributed by atoms with Gasteiger partial charge in [-0.3, -0.25) is 0 Å². The first-order chi connectivity index (χ1) is 10.1. The van der Waals surface area contributed by atoms with Gasteiger partial charge in [-0.1, -0.05) is 6.42 Å². The molecule has 21 heavy (non-hydrogen) atoms. The summed E-state index contributed by atoms with van der Waals surface area (Å²) in [6.45, 7) is 3.97. The van der Waals surface area contributed by atoms with Gasteiger partial charge in [0, 0.05) is 25.2 Å². The van der Waals surface area contributed by atoms with Crippen LogP contribution in [0.1, 0.15) is 26.2 Å². The lowest BCUT2D eigenvalue weighted by molar-refractivity contribution is 0.202. The summed E-state index contributed by atoms with van der Waals surface area (Å²) in [7, 11) is 0. The number of piperidine rings is 1. The minimum absolute atomic E-state index is 0.00328. The van der Waals surface area contributed by atoms with Crippen molar-refractivity contribution in [3.63, 3.8) is 0 Å². The summed E-state index contributed by atoms with van der Waals surface area (Å²) in [5.41, 5.74) is -0.00328. The van der Waals surface area contributed by atoms with Gasteiger partial charge in [-0.2, -0.15) is 0 Å². The third-order valence-corrected chi connectivity index (χ3v) is 3.69. The second-order valence-electron chi connectivity index (χ2n) is 5.24. The molecule has 2 amide bonds. The van der Waals surface area contributed by atoms with Crippen molar-refractivity contribution in [3.8, 4) is 0 Å². The van der Waals surface area contributed by atoms with Gasteiger partial charge in [0.25, 0.3) is 0 Å². The summed E-state index contributed by atoms with van der Waals surface area (Å²) in [4.78, 5) is 13.8. The van der Waals surface area contributed by atoms with Gasteiger partial charge in [-0.25, -0.2) is 13.6 Å². The van der Waals surface area contributed by atoms with Crippen molar-refractivity contribution in [2.75, 3.05) is 25.0 Å². The van der Waals surface area contributed by atoms with E-state index in [1.165, 1.54) is 6.07 Å². The Hall–Kier alpha value is -1.69. The molecule has 1 aliphatic rings. The maximum absolute atomic E-state index is 13.6. The van der Waals surface area contributed by atoms with Gasteiger partial charge in [0.05, 0.1) is 5.69 Å². The van der Waals surface area contributed by atoms with Crippen molar-refractivity contribution >= 4 is 11.7 Å². The van der Waals surface area contributed by atoms with Crippen LogP contribution in [-0.2, 0) is 0 Å². The molecular weight excluding hydrogens is 276 g/mol. The molecule has 0 bridgehead atoms. The second-order valence-corrected chi connectivity index (χ2v) is 5.24. The molecule has 1 saturated heterocycles. The SMILES string of the molecule is CCN(CC1CCCCN1)C(=O)Nc1ccc(F)cc1F. The fourth-order valence-corrected chi connectivity index (χ4v) is 2.49. The molecule has 0 spiro atoms. The number of nitrogens with zero attached hydrogens (tertiary/aromatic N) is 1. The Labute approximate surface area is 123 Å². The molecule has 1 unspecified atom stereocenters. The number of nitrogens with one attached hydrogen (secondary N) is 2. The summed E-state index contributed by atoms with van der Waals surface area (Å²) in [6, 6.07) is 3.03. The molecule has 1 aromatic carbocycles. The van der Waals surface area contributed by atoms with E-state index in [0.29, 0.717) is 13.1 Å². The van der Waals surface area contributed by atoms with Crippen molar-refractivity contribution in [3.05, 3.63) is 29.8 Å². The van der Waals surface area contributed by atoms with E-state index in [1.54, 1.807) is 4.90 Å². The van der Waals surface area contributed by atoms with Gasteiger partial charge < -0.3 is 15.5 Å². The van der Waals surface area contributed by atoms with E-state index in [-0.39, 0.29) is 17.8 Å². The first kappa shape index (κ1) is 15.7. The third kappa shape index (κ3) is 4.39. The summed E-state index contributed by atoms with van der Waals surface area (Å²) in [5.74, 6) is -1.43. The number of carbonyl (C=O) groups is 1. The molecule has 116 valence electrons. The molecule has 1 aliphatic heterocycles. The van der Waals surface area contributed by atoms with Crippen LogP contribution in [0.2, 0.25) is 0 Å². The zero-order chi connectivity index (χ0) is 15.2. The maximum atomic E-state index is 13.6. The largest absolute Gasteiger partial charge is 0.323 e. The van der Waals surface area contributed by atoms with Crippen molar-refractivity contribution in [1.82, 2.24) is 10.2 Å². The highest BCUT2D eigenvalue weighted by Crippen LogP contribution is 2.16. The molecule has 1 heterocycles. The van der Waals surface area contributed by atoms with Crippen LogP contribution < -0.4 is 10.6 Å². The molecular formula is C15H21F2N3O. The Bertz CT molecular complexity index is 490. The standard InChI is InChI=1S/C15H21F2N3O/c1-2-20(10-12-5-3-4-8-18-12)15(21)19-14-7-6-11(16)9-13(14)17/h6-7,9,12,18H,2-5,8,10H2,1H3,(H,19,21). The van der Waals surface area contributed by atoms with Gasteiger partial charge in [-0.15, -0.1) is 0 Å². The van der Waals surface area contributed by atoms with Gasteiger partial charge in [0.2, 0.25) is 0 Å². The Morgan fingerprint density at radius 2 is 2.24 bits per heavy atom. The first-order valence-electron chi connectivity index (χ1n) is 7.34. The third-order valence-electron chi connectivity index (χ3n) is 3.69. The van der Waals surface area contributed by atoms with Crippen molar-refractivity contribution in [1.29, 1.82) is 0 Å². The van der Waals surface area contributed by atoms with Crippen LogP contribution >= 0.6 is 0 Å². The van der Waals surface area contributed by atoms with Crippen LogP contribution in [0.15, 0.2) is 18.2 Å². The molecule has 0 aromatic heterocycles. The molecule has 4 nitrogen and oxygen atoms in total. The van der Waals surface area contributed by atoms with E-state index in [1.807, 2.05) is 6.92 Å². The molecule has 6 heteroatoms. The van der Waals surface area contributed by atoms with E-state index in [0.717, 1.165) is 37.9 Å². The number of hydrogen-bond acceptors (Lipinski definition) is 2. The fraction of sp³-hybridized carbons (Fsp3) is 0.533. The number of halogens is 2. The highest BCUT2D eigenvalue weighted by molar-refractivity contribution is 5.89. The van der Waals surface area contributed by atoms with E-state index < -0.39 is 11.6 Å². The number of urea groups is 1. The Kier molecular flexibility index (Phi) is 5.50. The molecule has 1 aromatic rings. The summed E-state index contributed by atoms with van der Waals surface area (Å²) in [6.07, 6.45) is 3.35. The number of likely N-dealkylation sites (N-methyl/N-ethyl adjacent to an activating group) is 1. The Morgan fingerprint density at radius 3 is 2.86 bits per heavy atom. The second kappa shape index (κ2) is 7.36. The summed E-state index contributed by atoms with van der Waals surface area (Å²) >= 11 is 0. The van der Waals surface area contributed by atoms with E-state index in [9.17, 15) is 13.6 Å². The minimum Gasteiger partial charge on any atom is -0.323 e. The monoisotopic (exact) mass is 297 g/mol. The van der Waals surface area contributed by atoms with Gasteiger partial charge in [0.15, 0.2) is 0 Å². The number of benzene rings is 1. The molecule has 0 aliphatic carbocycles. The predicted octanol–water partition coefficient (Wildman–Crippen LogP) is 2.96. The normalized spacial score (nSPS) is 18.3. The van der Waals surface area contributed by atoms with Crippen molar-refractivity contribution < 1.29 is 13.6 Å². The van der Waals surface area contributed by atoms with Gasteiger partial charge in [0.1, 0.15) is 11.6 Å². The number of amides is 2. The van der Waals surface area contributed by atoms with Crippen LogP contribution in [0.4, 0.5) is 19.3 Å². The number of carbonyl (C=O) groups excluding carboxylic acids is 1. The van der Waals surface area contributed by atoms with Crippen LogP contribution in [-0.4, -0.2) is 36.6 Å². The fourth-order valence-electron chi connectivity index (χ4n) is 2.49. The summed E-state index contributed by atoms with van der Waals surface area (Å²) < 4.78 is 26.4. The first-order valence-corrected chi connectivity index (χ1v) is 7.34. The van der Waals surface area contributed by atoms with Crippen molar-refractivity contribution in [2.24, 2.45) is 0 Å². The van der Waals surface area contributed by atoms with Crippen LogP contribution in [0.25, 0.3) is 0 Å². The lowest BCUT2D eigenvalue weighted by Gasteiger charge is -2.30. The van der Waals surface area contributed by atoms with E-state index in [2.05, 4.69) is 10.6 Å². The molecule has 2 rings (SSSR count). The smallest absolute Gasteiger partial charge is 0.321 e. The van der Waals surface area contributed by atoms with Crippen LogP contribution in [0, 0.1) is 11.6 Å². The Balaban J connectivity index is 1.95. The molecule has 1 atom stereocenters. The van der Waals surface area contributed by atoms with Gasteiger partial charge in [-0.05, 0) is 38.4 Å². The topological polar surface area (TPSA) is 44.4 Å². The number of rotatable bonds is 4. The Morgan fingerprint density at radius 1 is 1.43 bits per heavy atom. The van der Waals surface area contributed by atoms with Gasteiger partial charge >= 0.3 is 6.03 Å². The zero-order valence-corrected chi connectivity index (χ0v) is 12.2. The zero-order valence-electron chi connectivity index (χ0n) is 12.2. The lowest BCUT2D eigenvalue weighted by Crippen LogP contribution is -2.47. The lowest BCUT2D eigenvalue weighted by atomic mass is 10.0. The van der Waals surface area contributed by atoms with Crippen LogP contribution in [0.3, 0.4) is 0 Å². The maximum Gasteiger partial charge on any atom is 0.321 e. The molecule has 1 fully saturated rings. The highest BCUT2D eigenvalue weighted by Gasteiger charge is 2.20. The van der Waals surface area contributed by atoms with Crippen molar-refractivity contribution in [2.45, 2.75) is 32.2 Å². The quantitative estimate of drug-likeness (QED) is 0.897. The molecule has 2 N–H and O–H groups in total. The molecule has 0 saturated carbocycles. The average molecular weight is 297 g/mol. The van der Waals surface area contributed by atoms with E-state index in [4.69, 9.17) is 0 Å².